The number of allylic oxidation sites excluding steroid dienone is 12. The molecule has 12 heavy (non-hydrogen) atoms. The van der Waals surface area contributed by atoms with Crippen LogP contribution in [0.5, 0.6) is 0 Å². The van der Waals surface area contributed by atoms with Gasteiger partial charge in [-0.3, -0.25) is 0 Å². The van der Waals surface area contributed by atoms with Crippen molar-refractivity contribution in [1.82, 2.24) is 0 Å². The Morgan fingerprint density at radius 3 is 2.75 bits per heavy atom. The van der Waals surface area contributed by atoms with E-state index in [0.29, 0.717) is 0 Å². The summed E-state index contributed by atoms with van der Waals surface area (Å²) in [7, 11) is 0. The lowest BCUT2D eigenvalue weighted by atomic mass is 10.1. The topological polar surface area (TPSA) is 0 Å². The second-order valence-corrected chi connectivity index (χ2v) is 2.66. The highest BCUT2D eigenvalue weighted by Crippen LogP contribution is 2.17. The molecule has 57 valence electrons. The zero-order chi connectivity index (χ0) is 8.23. The predicted molar refractivity (Wildman–Crippen MR) is 51.4 cm³/mol. The van der Waals surface area contributed by atoms with E-state index >= 15 is 0 Å². The van der Waals surface area contributed by atoms with Gasteiger partial charge in [-0.15, -0.1) is 0 Å². The molecule has 0 amide bonds. The molecule has 0 aromatic heterocycles. The lowest BCUT2D eigenvalue weighted by molar-refractivity contribution is 1.56. The van der Waals surface area contributed by atoms with Crippen molar-refractivity contribution in [1.29, 1.82) is 0 Å². The minimum absolute atomic E-state index is 1.21. The van der Waals surface area contributed by atoms with Gasteiger partial charge in [0.1, 0.15) is 0 Å². The van der Waals surface area contributed by atoms with Gasteiger partial charge in [-0.05, 0) is 23.3 Å². The van der Waals surface area contributed by atoms with Crippen molar-refractivity contribution >= 4 is 0 Å². The highest BCUT2D eigenvalue weighted by molar-refractivity contribution is 5.53. The molecule has 2 aliphatic carbocycles. The molecule has 0 N–H and O–H groups in total. The smallest absolute Gasteiger partial charge is 0.0178 e. The Labute approximate surface area is 72.6 Å². The number of hydrogen-bond acceptors (Lipinski definition) is 0. The van der Waals surface area contributed by atoms with Crippen molar-refractivity contribution in [2.75, 3.05) is 0 Å². The van der Waals surface area contributed by atoms with Gasteiger partial charge in [0.25, 0.3) is 0 Å². The van der Waals surface area contributed by atoms with Gasteiger partial charge in [0.2, 0.25) is 0 Å². The van der Waals surface area contributed by atoms with Crippen LogP contribution in [0.2, 0.25) is 0 Å². The molecule has 0 heteroatoms. The Morgan fingerprint density at radius 2 is 1.75 bits per heavy atom. The molecule has 0 atom stereocenters. The van der Waals surface area contributed by atoms with Crippen molar-refractivity contribution in [3.63, 3.8) is 0 Å². The fourth-order valence-corrected chi connectivity index (χ4v) is 1.20. The van der Waals surface area contributed by atoms with Crippen LogP contribution >= 0.6 is 0 Å². The average Bonchev–Trinajstić information content (AvgIpc) is 2.38. The number of rotatable bonds is 0. The molecule has 0 spiro atoms. The molecular formula is C12H9. The normalized spacial score (nSPS) is 19.3. The van der Waals surface area contributed by atoms with E-state index in [9.17, 15) is 0 Å². The highest BCUT2D eigenvalue weighted by atomic mass is 14.0. The lowest BCUT2D eigenvalue weighted by Gasteiger charge is -1.98. The van der Waals surface area contributed by atoms with Gasteiger partial charge in [0, 0.05) is 0 Å². The van der Waals surface area contributed by atoms with Gasteiger partial charge in [-0.25, -0.2) is 0 Å². The summed E-state index contributed by atoms with van der Waals surface area (Å²) in [6, 6.07) is 0. The third kappa shape index (κ3) is 1.37. The Balaban J connectivity index is 2.49. The summed E-state index contributed by atoms with van der Waals surface area (Å²) >= 11 is 0. The van der Waals surface area contributed by atoms with Crippen LogP contribution in [0.1, 0.15) is 0 Å². The maximum atomic E-state index is 3.08. The monoisotopic (exact) mass is 153 g/mol. The molecule has 0 aromatic carbocycles. The van der Waals surface area contributed by atoms with Crippen LogP contribution in [-0.2, 0) is 0 Å². The third-order valence-electron chi connectivity index (χ3n) is 1.81. The molecule has 2 rings (SSSR count). The summed E-state index contributed by atoms with van der Waals surface area (Å²) in [6.45, 7) is 0. The molecule has 0 bridgehead atoms. The molecule has 0 fully saturated rings. The highest BCUT2D eigenvalue weighted by Gasteiger charge is 1.98. The Bertz CT molecular complexity index is 308. The van der Waals surface area contributed by atoms with Crippen molar-refractivity contribution in [3.05, 3.63) is 71.9 Å². The zero-order valence-corrected chi connectivity index (χ0v) is 6.70. The maximum absolute atomic E-state index is 3.08. The molecule has 2 aliphatic rings. The Morgan fingerprint density at radius 1 is 0.833 bits per heavy atom. The van der Waals surface area contributed by atoms with Gasteiger partial charge in [0.15, 0.2) is 0 Å². The largest absolute Gasteiger partial charge is 0.0622 e. The van der Waals surface area contributed by atoms with Crippen molar-refractivity contribution in [2.24, 2.45) is 0 Å². The quantitative estimate of drug-likeness (QED) is 0.502. The van der Waals surface area contributed by atoms with E-state index < -0.39 is 0 Å². The van der Waals surface area contributed by atoms with Crippen LogP contribution in [0, 0.1) is 6.08 Å². The molecule has 1 radical (unpaired) electrons. The first-order valence-electron chi connectivity index (χ1n) is 3.98. The Kier molecular flexibility index (Phi) is 1.91. The van der Waals surface area contributed by atoms with Crippen LogP contribution in [0.15, 0.2) is 65.8 Å². The SMILES string of the molecule is [C]1=CC2=CC=CC=CC2=CC=C1. The van der Waals surface area contributed by atoms with Crippen molar-refractivity contribution < 1.29 is 0 Å². The van der Waals surface area contributed by atoms with E-state index in [1.54, 1.807) is 0 Å². The molecule has 0 aromatic rings. The van der Waals surface area contributed by atoms with Gasteiger partial charge < -0.3 is 0 Å². The molecule has 0 nitrogen and oxygen atoms in total. The van der Waals surface area contributed by atoms with Gasteiger partial charge in [0.05, 0.1) is 0 Å². The minimum atomic E-state index is 1.21. The summed E-state index contributed by atoms with van der Waals surface area (Å²) in [5.74, 6) is 0. The average molecular weight is 153 g/mol. The zero-order valence-electron chi connectivity index (χ0n) is 6.70. The molecule has 0 unspecified atom stereocenters. The number of hydrogen-bond donors (Lipinski definition) is 0. The van der Waals surface area contributed by atoms with Gasteiger partial charge >= 0.3 is 0 Å². The first-order valence-corrected chi connectivity index (χ1v) is 3.98. The maximum Gasteiger partial charge on any atom is -0.0178 e. The van der Waals surface area contributed by atoms with Crippen LogP contribution in [0.25, 0.3) is 0 Å². The second kappa shape index (κ2) is 3.22. The van der Waals surface area contributed by atoms with Crippen LogP contribution in [0.3, 0.4) is 0 Å². The van der Waals surface area contributed by atoms with E-state index in [0.717, 1.165) is 0 Å². The van der Waals surface area contributed by atoms with E-state index in [1.807, 2.05) is 36.5 Å². The molecule has 0 saturated carbocycles. The minimum Gasteiger partial charge on any atom is -0.0622 e. The van der Waals surface area contributed by atoms with E-state index in [4.69, 9.17) is 0 Å². The molecule has 0 heterocycles. The fourth-order valence-electron chi connectivity index (χ4n) is 1.20. The first-order chi connectivity index (χ1) is 5.97. The summed E-state index contributed by atoms with van der Waals surface area (Å²) < 4.78 is 0. The van der Waals surface area contributed by atoms with Crippen LogP contribution in [-0.4, -0.2) is 0 Å². The van der Waals surface area contributed by atoms with Crippen LogP contribution < -0.4 is 0 Å². The standard InChI is InChI=1S/C12H9/c1-3-7-11-9-5-2-6-10-12(11)8-4-1/h1-5,7-10H. The predicted octanol–water partition coefficient (Wildman–Crippen LogP) is 2.89. The van der Waals surface area contributed by atoms with Crippen molar-refractivity contribution in [2.45, 2.75) is 0 Å². The third-order valence-corrected chi connectivity index (χ3v) is 1.81. The summed E-state index contributed by atoms with van der Waals surface area (Å²) in [6.07, 6.45) is 21.4. The van der Waals surface area contributed by atoms with E-state index in [2.05, 4.69) is 24.3 Å². The van der Waals surface area contributed by atoms with E-state index in [1.165, 1.54) is 11.1 Å². The van der Waals surface area contributed by atoms with Gasteiger partial charge in [-0.1, -0.05) is 48.6 Å². The summed E-state index contributed by atoms with van der Waals surface area (Å²) in [5, 5.41) is 0. The summed E-state index contributed by atoms with van der Waals surface area (Å²) in [4.78, 5) is 0. The number of fused-ring (bicyclic) bond motifs is 1. The Hall–Kier alpha value is -1.56. The molecule has 0 aliphatic heterocycles. The lowest BCUT2D eigenvalue weighted by Crippen LogP contribution is -1.79. The fraction of sp³-hybridized carbons (Fsp3) is 0. The molecular weight excluding hydrogens is 144 g/mol. The van der Waals surface area contributed by atoms with Crippen LogP contribution in [0.4, 0.5) is 0 Å². The molecule has 0 saturated heterocycles. The van der Waals surface area contributed by atoms with Crippen molar-refractivity contribution in [3.8, 4) is 0 Å². The first kappa shape index (κ1) is 7.11. The second-order valence-electron chi connectivity index (χ2n) is 2.66. The van der Waals surface area contributed by atoms with E-state index in [-0.39, 0.29) is 0 Å². The van der Waals surface area contributed by atoms with Gasteiger partial charge in [-0.2, -0.15) is 0 Å². The summed E-state index contributed by atoms with van der Waals surface area (Å²) in [5.41, 5.74) is 2.45.